The summed E-state index contributed by atoms with van der Waals surface area (Å²) in [4.78, 5) is 23.1. The molecule has 0 spiro atoms. The van der Waals surface area contributed by atoms with Gasteiger partial charge in [0.05, 0.1) is 6.42 Å². The molecule has 0 aliphatic carbocycles. The Labute approximate surface area is 81.7 Å². The monoisotopic (exact) mass is 200 g/mol. The lowest BCUT2D eigenvalue weighted by molar-refractivity contribution is -0.129. The topological polar surface area (TPSA) is 34.1 Å². The lowest BCUT2D eigenvalue weighted by atomic mass is 9.89. The molecule has 0 aliphatic rings. The van der Waals surface area contributed by atoms with Crippen LogP contribution in [0.5, 0.6) is 0 Å². The van der Waals surface area contributed by atoms with Crippen molar-refractivity contribution in [1.82, 2.24) is 0 Å². The fourth-order valence-corrected chi connectivity index (χ4v) is 1.37. The molecular weight excluding hydrogens is 180 g/mol. The Morgan fingerprint density at radius 2 is 1.46 bits per heavy atom. The molecule has 0 aliphatic heterocycles. The van der Waals surface area contributed by atoms with Gasteiger partial charge in [0.2, 0.25) is 0 Å². The van der Waals surface area contributed by atoms with Crippen molar-refractivity contribution < 1.29 is 9.59 Å². The minimum absolute atomic E-state index is 0.0555. The zero-order valence-electron chi connectivity index (χ0n) is 9.52. The predicted octanol–water partition coefficient (Wildman–Crippen LogP) is 2.44. The number of hydrogen-bond donors (Lipinski definition) is 0. The molecule has 2 nitrogen and oxygen atoms in total. The molecule has 0 rings (SSSR count). The zero-order chi connectivity index (χ0) is 10.9. The van der Waals surface area contributed by atoms with Crippen molar-refractivity contribution in [3.8, 4) is 0 Å². The van der Waals surface area contributed by atoms with Gasteiger partial charge >= 0.3 is 0 Å². The quantitative estimate of drug-likeness (QED) is 0.518. The number of Topliss-reactive ketones (excluding diaryl/α,β-unsaturated/α-hetero) is 1. The summed E-state index contributed by atoms with van der Waals surface area (Å²) in [7, 11) is -1.76. The summed E-state index contributed by atoms with van der Waals surface area (Å²) in [5.74, 6) is 0.0555. The first-order valence-electron chi connectivity index (χ1n) is 4.62. The van der Waals surface area contributed by atoms with Crippen molar-refractivity contribution in [3.63, 3.8) is 0 Å². The number of ketones is 1. The van der Waals surface area contributed by atoms with Gasteiger partial charge in [-0.1, -0.05) is 40.4 Å². The minimum Gasteiger partial charge on any atom is -0.305 e. The van der Waals surface area contributed by atoms with Crippen molar-refractivity contribution in [1.29, 1.82) is 0 Å². The Morgan fingerprint density at radius 1 is 1.08 bits per heavy atom. The second kappa shape index (κ2) is 3.74. The Bertz CT molecular complexity index is 194. The first-order chi connectivity index (χ1) is 5.55. The van der Waals surface area contributed by atoms with Crippen LogP contribution in [0.15, 0.2) is 0 Å². The normalized spacial score (nSPS) is 12.8. The molecule has 3 heteroatoms. The third kappa shape index (κ3) is 4.36. The molecule has 0 N–H and O–H groups in total. The summed E-state index contributed by atoms with van der Waals surface area (Å²) in [6, 6.07) is 0. The van der Waals surface area contributed by atoms with Gasteiger partial charge in [-0.25, -0.2) is 0 Å². The maximum Gasteiger partial charge on any atom is 0.145 e. The third-order valence-corrected chi connectivity index (χ3v) is 3.84. The number of hydrogen-bond acceptors (Lipinski definition) is 2. The Morgan fingerprint density at radius 3 is 1.69 bits per heavy atom. The van der Waals surface area contributed by atoms with Gasteiger partial charge in [0, 0.05) is 5.41 Å². The van der Waals surface area contributed by atoms with Crippen LogP contribution in [-0.4, -0.2) is 19.3 Å². The molecule has 0 fully saturated rings. The van der Waals surface area contributed by atoms with Crippen LogP contribution in [0, 0.1) is 5.41 Å². The standard InChI is InChI=1S/C10H20O2Si/c1-10(2,3)8(11)7-9(12)13(4,5)6/h7H2,1-6H3. The highest BCUT2D eigenvalue weighted by Gasteiger charge is 2.30. The molecule has 0 heterocycles. The van der Waals surface area contributed by atoms with Crippen LogP contribution in [0.2, 0.25) is 19.6 Å². The Hall–Kier alpha value is -0.443. The largest absolute Gasteiger partial charge is 0.305 e. The van der Waals surface area contributed by atoms with Crippen LogP contribution in [0.4, 0.5) is 0 Å². The predicted molar refractivity (Wildman–Crippen MR) is 57.4 cm³/mol. The van der Waals surface area contributed by atoms with E-state index in [1.807, 2.05) is 40.4 Å². The molecule has 0 aromatic rings. The van der Waals surface area contributed by atoms with Gasteiger partial charge in [0.25, 0.3) is 0 Å². The lowest BCUT2D eigenvalue weighted by Crippen LogP contribution is -2.37. The average molecular weight is 200 g/mol. The Kier molecular flexibility index (Phi) is 3.61. The summed E-state index contributed by atoms with van der Waals surface area (Å²) < 4.78 is 0. The van der Waals surface area contributed by atoms with Gasteiger partial charge in [-0.15, -0.1) is 0 Å². The van der Waals surface area contributed by atoms with E-state index in [1.165, 1.54) is 0 Å². The fraction of sp³-hybridized carbons (Fsp3) is 0.800. The highest BCUT2D eigenvalue weighted by molar-refractivity contribution is 7.03. The van der Waals surface area contributed by atoms with Crippen LogP contribution in [0.1, 0.15) is 27.2 Å². The average Bonchev–Trinajstić information content (AvgIpc) is 1.82. The molecule has 0 unspecified atom stereocenters. The van der Waals surface area contributed by atoms with Gasteiger partial charge in [-0.2, -0.15) is 0 Å². The first-order valence-corrected chi connectivity index (χ1v) is 8.12. The van der Waals surface area contributed by atoms with Gasteiger partial charge in [0.15, 0.2) is 0 Å². The molecule has 0 saturated carbocycles. The van der Waals surface area contributed by atoms with Crippen LogP contribution < -0.4 is 0 Å². The molecule has 0 amide bonds. The van der Waals surface area contributed by atoms with E-state index in [0.29, 0.717) is 0 Å². The maximum absolute atomic E-state index is 11.6. The lowest BCUT2D eigenvalue weighted by Gasteiger charge is -2.19. The van der Waals surface area contributed by atoms with E-state index in [2.05, 4.69) is 0 Å². The molecule has 0 aromatic carbocycles. The van der Waals surface area contributed by atoms with Crippen molar-refractivity contribution in [2.45, 2.75) is 46.8 Å². The highest BCUT2D eigenvalue weighted by Crippen LogP contribution is 2.18. The first kappa shape index (κ1) is 12.6. The molecule has 0 saturated heterocycles. The molecule has 76 valence electrons. The summed E-state index contributed by atoms with van der Waals surface area (Å²) in [6.07, 6.45) is 0.124. The molecule has 0 aromatic heterocycles. The van der Waals surface area contributed by atoms with E-state index < -0.39 is 8.07 Å². The van der Waals surface area contributed by atoms with Gasteiger partial charge in [-0.3, -0.25) is 4.79 Å². The van der Waals surface area contributed by atoms with E-state index in [-0.39, 0.29) is 23.0 Å². The van der Waals surface area contributed by atoms with Gasteiger partial charge < -0.3 is 4.79 Å². The second-order valence-corrected chi connectivity index (χ2v) is 10.6. The molecule has 0 atom stereocenters. The zero-order valence-corrected chi connectivity index (χ0v) is 10.5. The third-order valence-electron chi connectivity index (χ3n) is 1.99. The van der Waals surface area contributed by atoms with Crippen molar-refractivity contribution in [3.05, 3.63) is 0 Å². The van der Waals surface area contributed by atoms with E-state index in [0.717, 1.165) is 0 Å². The summed E-state index contributed by atoms with van der Waals surface area (Å²) in [5, 5.41) is 0.160. The van der Waals surface area contributed by atoms with Crippen molar-refractivity contribution in [2.75, 3.05) is 0 Å². The molecule has 0 radical (unpaired) electrons. The summed E-state index contributed by atoms with van der Waals surface area (Å²) >= 11 is 0. The fourth-order valence-electron chi connectivity index (χ4n) is 0.676. The highest BCUT2D eigenvalue weighted by atomic mass is 28.3. The molecule has 13 heavy (non-hydrogen) atoms. The van der Waals surface area contributed by atoms with Crippen LogP contribution in [-0.2, 0) is 9.59 Å². The van der Waals surface area contributed by atoms with Crippen LogP contribution in [0.25, 0.3) is 0 Å². The molecule has 0 bridgehead atoms. The minimum atomic E-state index is -1.76. The maximum atomic E-state index is 11.6. The Balaban J connectivity index is 4.34. The SMILES string of the molecule is CC(C)(C)C(=O)CC(=O)[Si](C)(C)C. The summed E-state index contributed by atoms with van der Waals surface area (Å²) in [5.41, 5.74) is -0.380. The number of rotatable bonds is 3. The van der Waals surface area contributed by atoms with E-state index in [1.54, 1.807) is 0 Å². The van der Waals surface area contributed by atoms with Crippen molar-refractivity contribution in [2.24, 2.45) is 5.41 Å². The van der Waals surface area contributed by atoms with Gasteiger partial charge in [0.1, 0.15) is 19.3 Å². The smallest absolute Gasteiger partial charge is 0.145 e. The van der Waals surface area contributed by atoms with Crippen molar-refractivity contribution >= 4 is 19.3 Å². The van der Waals surface area contributed by atoms with E-state index in [4.69, 9.17) is 0 Å². The second-order valence-electron chi connectivity index (χ2n) is 5.52. The number of carbonyl (C=O) groups excluding carboxylic acids is 2. The molecular formula is C10H20O2Si. The number of carbonyl (C=O) groups is 2. The summed E-state index contributed by atoms with van der Waals surface area (Å²) in [6.45, 7) is 11.5. The van der Waals surface area contributed by atoms with Crippen LogP contribution >= 0.6 is 0 Å². The van der Waals surface area contributed by atoms with E-state index in [9.17, 15) is 9.59 Å². The van der Waals surface area contributed by atoms with Gasteiger partial charge in [-0.05, 0) is 0 Å². The van der Waals surface area contributed by atoms with E-state index >= 15 is 0 Å². The van der Waals surface area contributed by atoms with Crippen LogP contribution in [0.3, 0.4) is 0 Å².